The molecule has 0 bridgehead atoms. The predicted molar refractivity (Wildman–Crippen MR) is 120 cm³/mol. The smallest absolute Gasteiger partial charge is 0.252 e. The molecule has 1 aliphatic rings. The van der Waals surface area contributed by atoms with Crippen molar-refractivity contribution in [3.05, 3.63) is 29.8 Å². The molecule has 0 aliphatic carbocycles. The molecule has 1 heterocycles. The number of hydrogen-bond donors (Lipinski definition) is 1. The van der Waals surface area contributed by atoms with Crippen LogP contribution in [0.3, 0.4) is 0 Å². The normalized spacial score (nSPS) is 16.7. The van der Waals surface area contributed by atoms with Crippen molar-refractivity contribution in [2.24, 2.45) is 0 Å². The molecule has 1 aliphatic heterocycles. The Balaban J connectivity index is 2.38. The molecule has 0 spiro atoms. The van der Waals surface area contributed by atoms with E-state index >= 15 is 0 Å². The van der Waals surface area contributed by atoms with Gasteiger partial charge in [0, 0.05) is 51.6 Å². The zero-order chi connectivity index (χ0) is 23.0. The zero-order valence-electron chi connectivity index (χ0n) is 18.8. The van der Waals surface area contributed by atoms with Gasteiger partial charge in [0.2, 0.25) is 15.9 Å². The fraction of sp³-hybridized carbons (Fsp3) is 0.619. The first-order valence-electron chi connectivity index (χ1n) is 10.5. The second-order valence-corrected chi connectivity index (χ2v) is 9.83. The van der Waals surface area contributed by atoms with Gasteiger partial charge in [-0.3, -0.25) is 14.5 Å². The molecule has 31 heavy (non-hydrogen) atoms. The number of carbonyl (C=O) groups is 2. The summed E-state index contributed by atoms with van der Waals surface area (Å²) in [6.07, 6.45) is 1.81. The molecule has 9 nitrogen and oxygen atoms in total. The van der Waals surface area contributed by atoms with Crippen molar-refractivity contribution in [2.75, 3.05) is 57.6 Å². The van der Waals surface area contributed by atoms with Gasteiger partial charge in [0.15, 0.2) is 0 Å². The van der Waals surface area contributed by atoms with E-state index in [0.29, 0.717) is 19.6 Å². The largest absolute Gasteiger partial charge is 0.375 e. The van der Waals surface area contributed by atoms with E-state index in [-0.39, 0.29) is 37.6 Å². The highest BCUT2D eigenvalue weighted by atomic mass is 32.2. The molecule has 0 atom stereocenters. The molecule has 10 heteroatoms. The number of para-hydroxylation sites is 1. The number of methoxy groups -OCH3 is 1. The van der Waals surface area contributed by atoms with E-state index in [9.17, 15) is 18.0 Å². The van der Waals surface area contributed by atoms with Gasteiger partial charge in [-0.25, -0.2) is 13.1 Å². The number of fused-ring (bicyclic) bond motifs is 1. The standard InChI is InChI=1S/C21H34N4O5S/c1-17(2)23-10-7-11-25(21(27)16-30-3)19-9-6-5-8-18(19)15-24(13-12-23)20(26)14-22-31(4,28)29/h5-6,8-9,17,22H,7,10-16H2,1-4H3. The van der Waals surface area contributed by atoms with E-state index in [2.05, 4.69) is 23.5 Å². The fourth-order valence-corrected chi connectivity index (χ4v) is 3.99. The summed E-state index contributed by atoms with van der Waals surface area (Å²) in [6.45, 7) is 6.60. The van der Waals surface area contributed by atoms with E-state index in [4.69, 9.17) is 4.74 Å². The van der Waals surface area contributed by atoms with Crippen molar-refractivity contribution in [2.45, 2.75) is 32.9 Å². The van der Waals surface area contributed by atoms with Crippen LogP contribution in [0.25, 0.3) is 0 Å². The third-order valence-electron chi connectivity index (χ3n) is 5.27. The van der Waals surface area contributed by atoms with Crippen LogP contribution in [-0.4, -0.2) is 88.8 Å². The Labute approximate surface area is 185 Å². The summed E-state index contributed by atoms with van der Waals surface area (Å²) < 4.78 is 30.3. The molecule has 1 aromatic rings. The van der Waals surface area contributed by atoms with Gasteiger partial charge in [0.1, 0.15) is 6.61 Å². The number of ether oxygens (including phenoxy) is 1. The molecule has 0 fully saturated rings. The van der Waals surface area contributed by atoms with E-state index in [0.717, 1.165) is 30.5 Å². The van der Waals surface area contributed by atoms with Crippen LogP contribution in [0.2, 0.25) is 0 Å². The number of amides is 2. The Morgan fingerprint density at radius 2 is 1.81 bits per heavy atom. The summed E-state index contributed by atoms with van der Waals surface area (Å²) in [5.74, 6) is -0.445. The van der Waals surface area contributed by atoms with Crippen molar-refractivity contribution >= 4 is 27.5 Å². The minimum absolute atomic E-state index is 0.0246. The summed E-state index contributed by atoms with van der Waals surface area (Å²) in [6, 6.07) is 7.78. The minimum atomic E-state index is -3.48. The lowest BCUT2D eigenvalue weighted by Crippen LogP contribution is -2.44. The average molecular weight is 455 g/mol. The lowest BCUT2D eigenvalue weighted by atomic mass is 10.1. The molecule has 174 valence electrons. The molecule has 0 saturated heterocycles. The third-order valence-corrected chi connectivity index (χ3v) is 5.93. The summed E-state index contributed by atoms with van der Waals surface area (Å²) >= 11 is 0. The first-order chi connectivity index (χ1) is 14.6. The van der Waals surface area contributed by atoms with Gasteiger partial charge in [0.25, 0.3) is 5.91 Å². The number of benzene rings is 1. The topological polar surface area (TPSA) is 99.3 Å². The Morgan fingerprint density at radius 3 is 2.45 bits per heavy atom. The highest BCUT2D eigenvalue weighted by Crippen LogP contribution is 2.24. The maximum Gasteiger partial charge on any atom is 0.252 e. The number of carbonyl (C=O) groups excluding carboxylic acids is 2. The SMILES string of the molecule is COCC(=O)N1CCCN(C(C)C)CCN(C(=O)CNS(C)(=O)=O)Cc2ccccc21. The first-order valence-corrected chi connectivity index (χ1v) is 12.3. The summed E-state index contributed by atoms with van der Waals surface area (Å²) in [4.78, 5) is 31.3. The van der Waals surface area contributed by atoms with Gasteiger partial charge in [-0.05, 0) is 31.9 Å². The van der Waals surface area contributed by atoms with Crippen molar-refractivity contribution in [1.82, 2.24) is 14.5 Å². The maximum atomic E-state index is 12.9. The van der Waals surface area contributed by atoms with Gasteiger partial charge in [0.05, 0.1) is 12.8 Å². The van der Waals surface area contributed by atoms with Crippen LogP contribution in [-0.2, 0) is 30.9 Å². The molecule has 1 aromatic carbocycles. The second-order valence-electron chi connectivity index (χ2n) is 8.00. The maximum absolute atomic E-state index is 12.9. The first kappa shape index (κ1) is 25.3. The average Bonchev–Trinajstić information content (AvgIpc) is 2.73. The van der Waals surface area contributed by atoms with Crippen LogP contribution in [0, 0.1) is 0 Å². The molecule has 2 amide bonds. The van der Waals surface area contributed by atoms with Crippen LogP contribution in [0.1, 0.15) is 25.8 Å². The van der Waals surface area contributed by atoms with E-state index in [1.54, 1.807) is 9.80 Å². The van der Waals surface area contributed by atoms with Gasteiger partial charge in [-0.15, -0.1) is 0 Å². The van der Waals surface area contributed by atoms with Crippen LogP contribution in [0.4, 0.5) is 5.69 Å². The zero-order valence-corrected chi connectivity index (χ0v) is 19.7. The molecule has 2 rings (SSSR count). The number of hydrogen-bond acceptors (Lipinski definition) is 6. The van der Waals surface area contributed by atoms with Gasteiger partial charge < -0.3 is 14.5 Å². The minimum Gasteiger partial charge on any atom is -0.375 e. The van der Waals surface area contributed by atoms with E-state index in [1.165, 1.54) is 7.11 Å². The lowest BCUT2D eigenvalue weighted by molar-refractivity contribution is -0.130. The van der Waals surface area contributed by atoms with Crippen LogP contribution < -0.4 is 9.62 Å². The number of rotatable bonds is 6. The van der Waals surface area contributed by atoms with Crippen LogP contribution in [0.5, 0.6) is 0 Å². The highest BCUT2D eigenvalue weighted by Gasteiger charge is 2.24. The Morgan fingerprint density at radius 1 is 1.10 bits per heavy atom. The lowest BCUT2D eigenvalue weighted by Gasteiger charge is -2.30. The van der Waals surface area contributed by atoms with Gasteiger partial charge >= 0.3 is 0 Å². The molecule has 1 N–H and O–H groups in total. The molecular weight excluding hydrogens is 420 g/mol. The second kappa shape index (κ2) is 11.6. The van der Waals surface area contributed by atoms with Crippen molar-refractivity contribution in [3.63, 3.8) is 0 Å². The number of nitrogens with one attached hydrogen (secondary N) is 1. The molecule has 0 aromatic heterocycles. The van der Waals surface area contributed by atoms with Gasteiger partial charge in [-0.1, -0.05) is 18.2 Å². The summed E-state index contributed by atoms with van der Waals surface area (Å²) in [5, 5.41) is 0. The third kappa shape index (κ3) is 7.88. The van der Waals surface area contributed by atoms with Crippen molar-refractivity contribution in [1.29, 1.82) is 0 Å². The Bertz CT molecular complexity index is 859. The van der Waals surface area contributed by atoms with Crippen LogP contribution >= 0.6 is 0 Å². The van der Waals surface area contributed by atoms with E-state index < -0.39 is 10.0 Å². The molecule has 0 saturated carbocycles. The Hall–Kier alpha value is -2.01. The summed E-state index contributed by atoms with van der Waals surface area (Å²) in [5.41, 5.74) is 1.58. The highest BCUT2D eigenvalue weighted by molar-refractivity contribution is 7.88. The number of anilines is 1. The summed E-state index contributed by atoms with van der Waals surface area (Å²) in [7, 11) is -1.99. The monoisotopic (exact) mass is 454 g/mol. The Kier molecular flexibility index (Phi) is 9.42. The number of nitrogens with zero attached hydrogens (tertiary/aromatic N) is 3. The number of sulfonamides is 1. The molecular formula is C21H34N4O5S. The van der Waals surface area contributed by atoms with Crippen molar-refractivity contribution < 1.29 is 22.7 Å². The molecule has 0 unspecified atom stereocenters. The van der Waals surface area contributed by atoms with E-state index in [1.807, 2.05) is 24.3 Å². The van der Waals surface area contributed by atoms with Crippen LogP contribution in [0.15, 0.2) is 24.3 Å². The predicted octanol–water partition coefficient (Wildman–Crippen LogP) is 0.658. The van der Waals surface area contributed by atoms with Gasteiger partial charge in [-0.2, -0.15) is 0 Å². The molecule has 0 radical (unpaired) electrons. The fourth-order valence-electron chi connectivity index (χ4n) is 3.60. The quantitative estimate of drug-likeness (QED) is 0.678. The van der Waals surface area contributed by atoms with Crippen molar-refractivity contribution in [3.8, 4) is 0 Å².